The largest absolute Gasteiger partial charge is 0.457 e. The van der Waals surface area contributed by atoms with Crippen LogP contribution in [0.4, 0.5) is 0 Å². The molecule has 3 heterocycles. The van der Waals surface area contributed by atoms with Crippen molar-refractivity contribution < 1.29 is 23.5 Å². The van der Waals surface area contributed by atoms with Crippen molar-refractivity contribution in [1.82, 2.24) is 0 Å². The third-order valence-corrected chi connectivity index (χ3v) is 3.09. The molecule has 0 N–H and O–H groups in total. The molecule has 5 nitrogen and oxygen atoms in total. The number of ether oxygens (including phenoxy) is 2. The second-order valence-electron chi connectivity index (χ2n) is 4.58. The van der Waals surface area contributed by atoms with Gasteiger partial charge in [0.05, 0.1) is 0 Å². The summed E-state index contributed by atoms with van der Waals surface area (Å²) in [5, 5.41) is 0. The number of rotatable bonds is 2. The summed E-state index contributed by atoms with van der Waals surface area (Å²) < 4.78 is 15.6. The maximum atomic E-state index is 11.7. The van der Waals surface area contributed by atoms with E-state index in [4.69, 9.17) is 13.9 Å². The van der Waals surface area contributed by atoms with Gasteiger partial charge in [-0.05, 0) is 13.8 Å². The topological polar surface area (TPSA) is 65.7 Å². The first kappa shape index (κ1) is 10.1. The number of furan rings is 1. The Morgan fingerprint density at radius 2 is 2.24 bits per heavy atom. The second kappa shape index (κ2) is 2.80. The van der Waals surface area contributed by atoms with Gasteiger partial charge in [-0.2, -0.15) is 0 Å². The lowest BCUT2D eigenvalue weighted by Crippen LogP contribution is -2.29. The molecule has 2 aliphatic rings. The van der Waals surface area contributed by atoms with Crippen LogP contribution >= 0.6 is 0 Å². The van der Waals surface area contributed by atoms with E-state index < -0.39 is 11.4 Å². The van der Waals surface area contributed by atoms with E-state index in [0.29, 0.717) is 17.9 Å². The normalized spacial score (nSPS) is 23.8. The third-order valence-electron chi connectivity index (χ3n) is 3.09. The quantitative estimate of drug-likeness (QED) is 0.573. The van der Waals surface area contributed by atoms with Gasteiger partial charge in [0, 0.05) is 12.0 Å². The fraction of sp³-hybridized carbons (Fsp3) is 0.333. The minimum Gasteiger partial charge on any atom is -0.457 e. The fourth-order valence-corrected chi connectivity index (χ4v) is 2.07. The Morgan fingerprint density at radius 1 is 1.53 bits per heavy atom. The number of hydrogen-bond acceptors (Lipinski definition) is 5. The van der Waals surface area contributed by atoms with Gasteiger partial charge in [0.1, 0.15) is 5.41 Å². The molecular formula is C12H10O5. The Hall–Kier alpha value is -2.04. The molecule has 1 unspecified atom stereocenters. The van der Waals surface area contributed by atoms with E-state index in [1.165, 1.54) is 0 Å². The van der Waals surface area contributed by atoms with Crippen molar-refractivity contribution in [1.29, 1.82) is 0 Å². The van der Waals surface area contributed by atoms with Crippen LogP contribution in [0.25, 0.3) is 0 Å². The van der Waals surface area contributed by atoms with E-state index >= 15 is 0 Å². The number of carbonyl (C=O) groups excluding carboxylic acids is 2. The molecule has 0 spiro atoms. The second-order valence-corrected chi connectivity index (χ2v) is 4.58. The molecule has 0 radical (unpaired) electrons. The molecule has 1 aromatic rings. The summed E-state index contributed by atoms with van der Waals surface area (Å²) in [6.07, 6.45) is 0.378. The van der Waals surface area contributed by atoms with E-state index in [1.54, 1.807) is 13.8 Å². The van der Waals surface area contributed by atoms with Crippen molar-refractivity contribution in [3.8, 4) is 11.5 Å². The summed E-state index contributed by atoms with van der Waals surface area (Å²) >= 11 is 0. The van der Waals surface area contributed by atoms with Crippen LogP contribution in [0.5, 0.6) is 11.5 Å². The Kier molecular flexibility index (Phi) is 1.67. The van der Waals surface area contributed by atoms with Gasteiger partial charge in [0.2, 0.25) is 11.5 Å². The summed E-state index contributed by atoms with van der Waals surface area (Å²) in [5.41, 5.74) is -0.456. The Labute approximate surface area is 97.0 Å². The van der Waals surface area contributed by atoms with Gasteiger partial charge >= 0.3 is 11.9 Å². The summed E-state index contributed by atoms with van der Waals surface area (Å²) in [5.74, 6) is 0.491. The van der Waals surface area contributed by atoms with Crippen LogP contribution in [0.3, 0.4) is 0 Å². The Morgan fingerprint density at radius 3 is 2.88 bits per heavy atom. The van der Waals surface area contributed by atoms with Crippen LogP contribution in [0.1, 0.15) is 25.4 Å². The molecule has 2 aliphatic heterocycles. The summed E-state index contributed by atoms with van der Waals surface area (Å²) in [6, 6.07) is 0. The zero-order valence-corrected chi connectivity index (χ0v) is 9.46. The Bertz CT molecular complexity index is 580. The molecule has 0 fully saturated rings. The first-order valence-electron chi connectivity index (χ1n) is 5.19. The van der Waals surface area contributed by atoms with Crippen LogP contribution in [0.2, 0.25) is 0 Å². The van der Waals surface area contributed by atoms with Gasteiger partial charge in [0.25, 0.3) is 0 Å². The highest BCUT2D eigenvalue weighted by Gasteiger charge is 2.57. The lowest BCUT2D eigenvalue weighted by atomic mass is 9.84. The molecule has 2 bridgehead atoms. The molecule has 1 aromatic heterocycles. The average Bonchev–Trinajstić information content (AvgIpc) is 2.79. The number of carbonyl (C=O) groups is 2. The van der Waals surface area contributed by atoms with E-state index in [-0.39, 0.29) is 23.0 Å². The average molecular weight is 234 g/mol. The van der Waals surface area contributed by atoms with Crippen molar-refractivity contribution in [3.05, 3.63) is 23.7 Å². The standard InChI is InChI=1S/C12H10O5/c1-5(2)10(13)16-7-6-4-12(3)9(15-6)8(7)17-11(12)14/h1,4H2,2-3H3. The molecule has 0 aliphatic carbocycles. The first-order valence-corrected chi connectivity index (χ1v) is 5.19. The SMILES string of the molecule is C=C(C)C(=O)Oc1c2oc3c1OC(=O)C3(C)C2. The molecule has 1 atom stereocenters. The van der Waals surface area contributed by atoms with Crippen LogP contribution in [-0.2, 0) is 21.4 Å². The van der Waals surface area contributed by atoms with Crippen LogP contribution in [-0.4, -0.2) is 11.9 Å². The molecular weight excluding hydrogens is 224 g/mol. The van der Waals surface area contributed by atoms with Gasteiger partial charge in [-0.1, -0.05) is 6.58 Å². The van der Waals surface area contributed by atoms with E-state index in [2.05, 4.69) is 6.58 Å². The van der Waals surface area contributed by atoms with Crippen LogP contribution < -0.4 is 9.47 Å². The molecule has 17 heavy (non-hydrogen) atoms. The molecule has 0 saturated carbocycles. The maximum absolute atomic E-state index is 11.7. The van der Waals surface area contributed by atoms with Crippen molar-refractivity contribution in [3.63, 3.8) is 0 Å². The van der Waals surface area contributed by atoms with Gasteiger partial charge in [0.15, 0.2) is 11.5 Å². The molecule has 0 aromatic carbocycles. The fourth-order valence-electron chi connectivity index (χ4n) is 2.07. The predicted octanol–water partition coefficient (Wildman–Crippen LogP) is 1.49. The molecule has 88 valence electrons. The Balaban J connectivity index is 2.02. The lowest BCUT2D eigenvalue weighted by molar-refractivity contribution is -0.137. The van der Waals surface area contributed by atoms with E-state index in [9.17, 15) is 9.59 Å². The highest BCUT2D eigenvalue weighted by Crippen LogP contribution is 2.57. The summed E-state index contributed by atoms with van der Waals surface area (Å²) in [7, 11) is 0. The van der Waals surface area contributed by atoms with Crippen LogP contribution in [0, 0.1) is 0 Å². The molecule has 5 heteroatoms. The van der Waals surface area contributed by atoms with E-state index in [1.807, 2.05) is 0 Å². The van der Waals surface area contributed by atoms with Gasteiger partial charge in [-0.3, -0.25) is 4.79 Å². The van der Waals surface area contributed by atoms with Crippen molar-refractivity contribution in [2.75, 3.05) is 0 Å². The van der Waals surface area contributed by atoms with Crippen LogP contribution in [0.15, 0.2) is 16.6 Å². The third kappa shape index (κ3) is 1.08. The highest BCUT2D eigenvalue weighted by atomic mass is 16.6. The number of fused-ring (bicyclic) bond motifs is 1. The lowest BCUT2D eigenvalue weighted by Gasteiger charge is -2.11. The zero-order valence-electron chi connectivity index (χ0n) is 9.46. The van der Waals surface area contributed by atoms with Gasteiger partial charge < -0.3 is 13.9 Å². The minimum absolute atomic E-state index is 0.219. The smallest absolute Gasteiger partial charge is 0.338 e. The van der Waals surface area contributed by atoms with Crippen molar-refractivity contribution in [2.24, 2.45) is 0 Å². The molecule has 3 rings (SSSR count). The van der Waals surface area contributed by atoms with Crippen molar-refractivity contribution in [2.45, 2.75) is 25.7 Å². The predicted molar refractivity (Wildman–Crippen MR) is 55.8 cm³/mol. The molecule has 0 amide bonds. The summed E-state index contributed by atoms with van der Waals surface area (Å²) in [4.78, 5) is 23.1. The minimum atomic E-state index is -0.732. The zero-order chi connectivity index (χ0) is 12.4. The van der Waals surface area contributed by atoms with Gasteiger partial charge in [-0.15, -0.1) is 0 Å². The maximum Gasteiger partial charge on any atom is 0.338 e. The van der Waals surface area contributed by atoms with Crippen molar-refractivity contribution >= 4 is 11.9 Å². The monoisotopic (exact) mass is 234 g/mol. The highest BCUT2D eigenvalue weighted by molar-refractivity contribution is 5.95. The number of hydrogen-bond donors (Lipinski definition) is 0. The summed E-state index contributed by atoms with van der Waals surface area (Å²) in [6.45, 7) is 6.79. The van der Waals surface area contributed by atoms with Gasteiger partial charge in [-0.25, -0.2) is 4.79 Å². The first-order chi connectivity index (χ1) is 7.93. The number of esters is 2. The molecule has 0 saturated heterocycles. The van der Waals surface area contributed by atoms with E-state index in [0.717, 1.165) is 0 Å².